The number of benzene rings is 1. The fraction of sp³-hybridized carbons (Fsp3) is 0.471. The van der Waals surface area contributed by atoms with E-state index in [1.165, 1.54) is 0 Å². The minimum Gasteiger partial charge on any atom is -0.453 e. The summed E-state index contributed by atoms with van der Waals surface area (Å²) in [5.74, 6) is 0.556. The summed E-state index contributed by atoms with van der Waals surface area (Å²) in [5.41, 5.74) is 0.784. The molecule has 1 fully saturated rings. The van der Waals surface area contributed by atoms with Crippen LogP contribution in [0, 0.1) is 0 Å². The number of nitrogens with zero attached hydrogens (tertiary/aromatic N) is 2. The number of carbonyl (C=O) groups excluding carboxylic acids is 1. The molecule has 1 aliphatic rings. The molecule has 4 heteroatoms. The molecule has 0 N–H and O–H groups in total. The average molecular weight is 286 g/mol. The predicted octanol–water partition coefficient (Wildman–Crippen LogP) is 2.64. The number of fused-ring (bicyclic) bond motifs is 1. The average Bonchev–Trinajstić information content (AvgIpc) is 2.92. The highest BCUT2D eigenvalue weighted by molar-refractivity contribution is 5.98. The van der Waals surface area contributed by atoms with Crippen molar-refractivity contribution < 1.29 is 9.21 Å². The maximum absolute atomic E-state index is 12.4. The lowest BCUT2D eigenvalue weighted by atomic mass is 10.0. The van der Waals surface area contributed by atoms with E-state index in [1.54, 1.807) is 0 Å². The van der Waals surface area contributed by atoms with Gasteiger partial charge in [0.2, 0.25) is 5.78 Å². The van der Waals surface area contributed by atoms with Gasteiger partial charge in [-0.15, -0.1) is 0 Å². The highest BCUT2D eigenvalue weighted by Crippen LogP contribution is 2.20. The Labute approximate surface area is 125 Å². The molecule has 0 aliphatic carbocycles. The van der Waals surface area contributed by atoms with Gasteiger partial charge in [-0.05, 0) is 39.1 Å². The fourth-order valence-corrected chi connectivity index (χ4v) is 2.99. The Hall–Kier alpha value is -1.65. The van der Waals surface area contributed by atoms with Crippen molar-refractivity contribution in [3.8, 4) is 0 Å². The summed E-state index contributed by atoms with van der Waals surface area (Å²) < 4.78 is 5.65. The number of furan rings is 1. The van der Waals surface area contributed by atoms with Crippen LogP contribution >= 0.6 is 0 Å². The highest BCUT2D eigenvalue weighted by atomic mass is 16.3. The Morgan fingerprint density at radius 1 is 1.29 bits per heavy atom. The molecular weight excluding hydrogens is 264 g/mol. The van der Waals surface area contributed by atoms with Crippen molar-refractivity contribution in [2.75, 3.05) is 33.7 Å². The van der Waals surface area contributed by atoms with E-state index in [0.717, 1.165) is 36.9 Å². The molecule has 4 nitrogen and oxygen atoms in total. The number of likely N-dealkylation sites (tertiary alicyclic amines) is 1. The number of hydrogen-bond donors (Lipinski definition) is 0. The zero-order valence-corrected chi connectivity index (χ0v) is 12.7. The van der Waals surface area contributed by atoms with Crippen molar-refractivity contribution in [3.05, 3.63) is 36.1 Å². The van der Waals surface area contributed by atoms with E-state index in [-0.39, 0.29) is 5.78 Å². The second-order valence-corrected chi connectivity index (χ2v) is 6.04. The van der Waals surface area contributed by atoms with E-state index in [9.17, 15) is 4.79 Å². The van der Waals surface area contributed by atoms with Crippen LogP contribution in [0.1, 0.15) is 23.4 Å². The minimum absolute atomic E-state index is 0.0782. The topological polar surface area (TPSA) is 36.7 Å². The fourth-order valence-electron chi connectivity index (χ4n) is 2.99. The first-order valence-corrected chi connectivity index (χ1v) is 7.54. The molecule has 21 heavy (non-hydrogen) atoms. The molecule has 0 atom stereocenters. The van der Waals surface area contributed by atoms with Crippen LogP contribution in [0.3, 0.4) is 0 Å². The normalized spacial score (nSPS) is 17.7. The molecule has 1 aromatic carbocycles. The van der Waals surface area contributed by atoms with Crippen molar-refractivity contribution in [2.45, 2.75) is 18.9 Å². The number of hydrogen-bond acceptors (Lipinski definition) is 4. The molecule has 112 valence electrons. The summed E-state index contributed by atoms with van der Waals surface area (Å²) in [7, 11) is 4.25. The van der Waals surface area contributed by atoms with Gasteiger partial charge in [-0.2, -0.15) is 0 Å². The predicted molar refractivity (Wildman–Crippen MR) is 83.7 cm³/mol. The van der Waals surface area contributed by atoms with Gasteiger partial charge >= 0.3 is 0 Å². The smallest absolute Gasteiger partial charge is 0.211 e. The molecule has 0 unspecified atom stereocenters. The van der Waals surface area contributed by atoms with Gasteiger partial charge in [-0.1, -0.05) is 18.2 Å². The molecule has 0 spiro atoms. The molecule has 0 bridgehead atoms. The third kappa shape index (κ3) is 3.17. The lowest BCUT2D eigenvalue weighted by molar-refractivity contribution is 0.0850. The highest BCUT2D eigenvalue weighted by Gasteiger charge is 2.23. The molecule has 2 heterocycles. The van der Waals surface area contributed by atoms with Crippen LogP contribution in [0.15, 0.2) is 34.7 Å². The summed E-state index contributed by atoms with van der Waals surface area (Å²) in [6, 6.07) is 10.2. The van der Waals surface area contributed by atoms with E-state index in [1.807, 2.05) is 30.3 Å². The van der Waals surface area contributed by atoms with Crippen molar-refractivity contribution >= 4 is 16.8 Å². The van der Waals surface area contributed by atoms with E-state index < -0.39 is 0 Å². The SMILES string of the molecule is CN(C)C1CCN(CC(=O)c2cc3ccccc3o2)CC1. The molecule has 1 saturated heterocycles. The zero-order chi connectivity index (χ0) is 14.8. The number of ketones is 1. The second-order valence-electron chi connectivity index (χ2n) is 6.04. The van der Waals surface area contributed by atoms with Crippen LogP contribution in [0.4, 0.5) is 0 Å². The van der Waals surface area contributed by atoms with Crippen LogP contribution in [-0.4, -0.2) is 55.4 Å². The first-order valence-electron chi connectivity index (χ1n) is 7.54. The zero-order valence-electron chi connectivity index (χ0n) is 12.7. The van der Waals surface area contributed by atoms with Gasteiger partial charge in [0.15, 0.2) is 5.76 Å². The van der Waals surface area contributed by atoms with E-state index in [4.69, 9.17) is 4.42 Å². The van der Waals surface area contributed by atoms with Crippen molar-refractivity contribution in [3.63, 3.8) is 0 Å². The maximum atomic E-state index is 12.4. The Kier molecular flexibility index (Phi) is 4.08. The molecular formula is C17H22N2O2. The molecule has 3 rings (SSSR count). The number of carbonyl (C=O) groups is 1. The summed E-state index contributed by atoms with van der Waals surface area (Å²) >= 11 is 0. The monoisotopic (exact) mass is 286 g/mol. The number of piperidine rings is 1. The van der Waals surface area contributed by atoms with Gasteiger partial charge in [-0.25, -0.2) is 0 Å². The quantitative estimate of drug-likeness (QED) is 0.810. The Balaban J connectivity index is 1.62. The lowest BCUT2D eigenvalue weighted by Crippen LogP contribution is -2.43. The van der Waals surface area contributed by atoms with Crippen LogP contribution in [0.25, 0.3) is 11.0 Å². The van der Waals surface area contributed by atoms with Gasteiger partial charge in [0.1, 0.15) is 5.58 Å². The van der Waals surface area contributed by atoms with Crippen LogP contribution in [-0.2, 0) is 0 Å². The molecule has 0 amide bonds. The summed E-state index contributed by atoms with van der Waals surface area (Å²) in [6.07, 6.45) is 2.25. The number of para-hydroxylation sites is 1. The van der Waals surface area contributed by atoms with E-state index in [2.05, 4.69) is 23.9 Å². The molecule has 2 aromatic rings. The number of rotatable bonds is 4. The molecule has 1 aliphatic heterocycles. The van der Waals surface area contributed by atoms with Gasteiger partial charge < -0.3 is 9.32 Å². The van der Waals surface area contributed by atoms with E-state index in [0.29, 0.717) is 18.3 Å². The van der Waals surface area contributed by atoms with Crippen molar-refractivity contribution in [1.82, 2.24) is 9.80 Å². The van der Waals surface area contributed by atoms with Gasteiger partial charge in [0.25, 0.3) is 0 Å². The third-order valence-corrected chi connectivity index (χ3v) is 4.35. The van der Waals surface area contributed by atoms with Gasteiger partial charge in [0, 0.05) is 24.5 Å². The summed E-state index contributed by atoms with van der Waals surface area (Å²) in [5, 5.41) is 0.993. The number of Topliss-reactive ketones (excluding diaryl/α,β-unsaturated/α-hetero) is 1. The Bertz CT molecular complexity index is 592. The third-order valence-electron chi connectivity index (χ3n) is 4.35. The molecule has 0 saturated carbocycles. The Morgan fingerprint density at radius 3 is 2.67 bits per heavy atom. The van der Waals surface area contributed by atoms with Crippen LogP contribution in [0.5, 0.6) is 0 Å². The summed E-state index contributed by atoms with van der Waals surface area (Å²) in [6.45, 7) is 2.42. The van der Waals surface area contributed by atoms with Crippen LogP contribution < -0.4 is 0 Å². The minimum atomic E-state index is 0.0782. The van der Waals surface area contributed by atoms with Crippen molar-refractivity contribution in [1.29, 1.82) is 0 Å². The lowest BCUT2D eigenvalue weighted by Gasteiger charge is -2.34. The standard InChI is InChI=1S/C17H22N2O2/c1-18(2)14-7-9-19(10-8-14)12-15(20)17-11-13-5-3-4-6-16(13)21-17/h3-6,11,14H,7-10,12H2,1-2H3. The van der Waals surface area contributed by atoms with Crippen LogP contribution in [0.2, 0.25) is 0 Å². The van der Waals surface area contributed by atoms with E-state index >= 15 is 0 Å². The first kappa shape index (κ1) is 14.3. The maximum Gasteiger partial charge on any atom is 0.211 e. The molecule has 1 aromatic heterocycles. The van der Waals surface area contributed by atoms with Crippen molar-refractivity contribution in [2.24, 2.45) is 0 Å². The van der Waals surface area contributed by atoms with Gasteiger partial charge in [0.05, 0.1) is 6.54 Å². The summed E-state index contributed by atoms with van der Waals surface area (Å²) in [4.78, 5) is 16.9. The Morgan fingerprint density at radius 2 is 2.00 bits per heavy atom. The first-order chi connectivity index (χ1) is 10.1. The molecule has 0 radical (unpaired) electrons. The largest absolute Gasteiger partial charge is 0.453 e. The van der Waals surface area contributed by atoms with Gasteiger partial charge in [-0.3, -0.25) is 9.69 Å². The second kappa shape index (κ2) is 6.00.